The first-order chi connectivity index (χ1) is 8.33. The van der Waals surface area contributed by atoms with Gasteiger partial charge in [-0.2, -0.15) is 0 Å². The summed E-state index contributed by atoms with van der Waals surface area (Å²) in [6, 6.07) is 0. The molecule has 0 radical (unpaired) electrons. The quantitative estimate of drug-likeness (QED) is 0.691. The molecule has 1 saturated heterocycles. The molecule has 2 atom stereocenters. The van der Waals surface area contributed by atoms with Crippen LogP contribution in [0, 0.1) is 12.0 Å². The molecule has 98 valence electrons. The minimum atomic E-state index is -0.373. The van der Waals surface area contributed by atoms with E-state index in [1.807, 2.05) is 0 Å². The molecule has 1 fully saturated rings. The van der Waals surface area contributed by atoms with Crippen molar-refractivity contribution in [2.75, 3.05) is 13.2 Å². The second kappa shape index (κ2) is 9.29. The van der Waals surface area contributed by atoms with Gasteiger partial charge in [0, 0.05) is 19.4 Å². The van der Waals surface area contributed by atoms with Crippen molar-refractivity contribution in [3.8, 4) is 12.0 Å². The number of ether oxygens (including phenoxy) is 2. The molecule has 0 aromatic heterocycles. The van der Waals surface area contributed by atoms with E-state index in [1.54, 1.807) is 0 Å². The van der Waals surface area contributed by atoms with Gasteiger partial charge in [0.05, 0.1) is 12.7 Å². The molecular formula is C13H22O4. The molecular weight excluding hydrogens is 220 g/mol. The van der Waals surface area contributed by atoms with Gasteiger partial charge in [0.2, 0.25) is 6.29 Å². The van der Waals surface area contributed by atoms with Crippen molar-refractivity contribution in [1.82, 2.24) is 0 Å². The molecule has 1 heterocycles. The van der Waals surface area contributed by atoms with E-state index < -0.39 is 0 Å². The van der Waals surface area contributed by atoms with Crippen molar-refractivity contribution in [2.45, 2.75) is 57.3 Å². The maximum atomic E-state index is 9.48. The van der Waals surface area contributed by atoms with Crippen molar-refractivity contribution >= 4 is 0 Å². The van der Waals surface area contributed by atoms with E-state index in [0.717, 1.165) is 25.9 Å². The Morgan fingerprint density at radius 3 is 2.94 bits per heavy atom. The molecule has 1 rings (SSSR count). The summed E-state index contributed by atoms with van der Waals surface area (Å²) in [5.74, 6) is 2.87. The van der Waals surface area contributed by atoms with Gasteiger partial charge >= 0.3 is 0 Å². The van der Waals surface area contributed by atoms with E-state index in [4.69, 9.17) is 14.6 Å². The first kappa shape index (κ1) is 14.3. The lowest BCUT2D eigenvalue weighted by molar-refractivity contribution is -0.121. The monoisotopic (exact) mass is 242 g/mol. The largest absolute Gasteiger partial charge is 0.414 e. The molecule has 0 aromatic carbocycles. The number of hydrogen-bond donors (Lipinski definition) is 2. The van der Waals surface area contributed by atoms with Crippen LogP contribution in [0.25, 0.3) is 0 Å². The molecule has 0 aliphatic carbocycles. The SMILES string of the molecule is OCCC[C@@H](O)CCC#CO[C@H]1CCCCO1. The Morgan fingerprint density at radius 1 is 1.35 bits per heavy atom. The topological polar surface area (TPSA) is 58.9 Å². The maximum absolute atomic E-state index is 9.48. The molecule has 1 aliphatic rings. The van der Waals surface area contributed by atoms with Crippen molar-refractivity contribution < 1.29 is 19.7 Å². The highest BCUT2D eigenvalue weighted by Crippen LogP contribution is 2.12. The molecule has 0 spiro atoms. The summed E-state index contributed by atoms with van der Waals surface area (Å²) in [7, 11) is 0. The van der Waals surface area contributed by atoms with Crippen LogP contribution in [0.1, 0.15) is 44.9 Å². The van der Waals surface area contributed by atoms with Gasteiger partial charge in [-0.05, 0) is 32.1 Å². The Balaban J connectivity index is 2.01. The third kappa shape index (κ3) is 7.22. The minimum Gasteiger partial charge on any atom is -0.414 e. The van der Waals surface area contributed by atoms with Crippen molar-refractivity contribution in [1.29, 1.82) is 0 Å². The fraction of sp³-hybridized carbons (Fsp3) is 0.846. The highest BCUT2D eigenvalue weighted by Gasteiger charge is 2.13. The third-order valence-electron chi connectivity index (χ3n) is 2.70. The summed E-state index contributed by atoms with van der Waals surface area (Å²) in [5.41, 5.74) is 0. The second-order valence-corrected chi connectivity index (χ2v) is 4.25. The van der Waals surface area contributed by atoms with Gasteiger partial charge in [-0.25, -0.2) is 0 Å². The van der Waals surface area contributed by atoms with Crippen LogP contribution in [0.4, 0.5) is 0 Å². The highest BCUT2D eigenvalue weighted by molar-refractivity contribution is 4.92. The van der Waals surface area contributed by atoms with Crippen LogP contribution < -0.4 is 0 Å². The Hall–Kier alpha value is -0.760. The highest BCUT2D eigenvalue weighted by atomic mass is 16.7. The Kier molecular flexibility index (Phi) is 7.81. The zero-order valence-electron chi connectivity index (χ0n) is 10.2. The molecule has 4 nitrogen and oxygen atoms in total. The first-order valence-corrected chi connectivity index (χ1v) is 6.37. The maximum Gasteiger partial charge on any atom is 0.210 e. The fourth-order valence-corrected chi connectivity index (χ4v) is 1.67. The number of hydrogen-bond acceptors (Lipinski definition) is 4. The smallest absolute Gasteiger partial charge is 0.210 e. The van der Waals surface area contributed by atoms with Gasteiger partial charge in [-0.3, -0.25) is 0 Å². The second-order valence-electron chi connectivity index (χ2n) is 4.25. The van der Waals surface area contributed by atoms with Gasteiger partial charge in [-0.15, -0.1) is 0 Å². The lowest BCUT2D eigenvalue weighted by atomic mass is 10.1. The summed E-state index contributed by atoms with van der Waals surface area (Å²) in [6.45, 7) is 0.886. The van der Waals surface area contributed by atoms with E-state index in [0.29, 0.717) is 25.7 Å². The van der Waals surface area contributed by atoms with Crippen LogP contribution in [0.3, 0.4) is 0 Å². The standard InChI is InChI=1S/C13H22O4/c14-9-5-7-12(15)6-1-3-10-16-13-8-2-4-11-17-13/h12-15H,1-2,4-9,11H2/t12-,13+/m0/s1. The summed E-state index contributed by atoms with van der Waals surface area (Å²) >= 11 is 0. The van der Waals surface area contributed by atoms with E-state index in [9.17, 15) is 5.11 Å². The van der Waals surface area contributed by atoms with Crippen molar-refractivity contribution in [3.63, 3.8) is 0 Å². The molecule has 0 aromatic rings. The predicted octanol–water partition coefficient (Wildman–Crippen LogP) is 1.40. The van der Waals surface area contributed by atoms with Gasteiger partial charge < -0.3 is 19.7 Å². The molecule has 0 unspecified atom stereocenters. The fourth-order valence-electron chi connectivity index (χ4n) is 1.67. The number of aliphatic hydroxyl groups is 2. The number of rotatable bonds is 6. The van der Waals surface area contributed by atoms with E-state index >= 15 is 0 Å². The third-order valence-corrected chi connectivity index (χ3v) is 2.70. The van der Waals surface area contributed by atoms with Crippen LogP contribution in [0.15, 0.2) is 0 Å². The van der Waals surface area contributed by atoms with E-state index in [2.05, 4.69) is 12.0 Å². The van der Waals surface area contributed by atoms with Crippen LogP contribution in [-0.2, 0) is 9.47 Å². The van der Waals surface area contributed by atoms with Crippen LogP contribution >= 0.6 is 0 Å². The first-order valence-electron chi connectivity index (χ1n) is 6.37. The van der Waals surface area contributed by atoms with Gasteiger partial charge in [0.1, 0.15) is 6.11 Å². The Bertz CT molecular complexity index is 238. The summed E-state index contributed by atoms with van der Waals surface area (Å²) in [4.78, 5) is 0. The normalized spacial score (nSPS) is 21.4. The van der Waals surface area contributed by atoms with Crippen molar-refractivity contribution in [3.05, 3.63) is 0 Å². The van der Waals surface area contributed by atoms with E-state index in [1.165, 1.54) is 0 Å². The molecule has 1 aliphatic heterocycles. The van der Waals surface area contributed by atoms with Gasteiger partial charge in [-0.1, -0.05) is 5.92 Å². The molecule has 17 heavy (non-hydrogen) atoms. The van der Waals surface area contributed by atoms with E-state index in [-0.39, 0.29) is 19.0 Å². The molecule has 0 amide bonds. The van der Waals surface area contributed by atoms with Gasteiger partial charge in [0.15, 0.2) is 0 Å². The minimum absolute atomic E-state index is 0.130. The lowest BCUT2D eigenvalue weighted by Crippen LogP contribution is -2.20. The zero-order valence-corrected chi connectivity index (χ0v) is 10.2. The zero-order chi connectivity index (χ0) is 12.3. The van der Waals surface area contributed by atoms with Gasteiger partial charge in [0.25, 0.3) is 0 Å². The predicted molar refractivity (Wildman–Crippen MR) is 64.0 cm³/mol. The Morgan fingerprint density at radius 2 is 2.24 bits per heavy atom. The van der Waals surface area contributed by atoms with Crippen molar-refractivity contribution in [2.24, 2.45) is 0 Å². The average molecular weight is 242 g/mol. The summed E-state index contributed by atoms with van der Waals surface area (Å²) in [6.07, 6.45) is 7.74. The van der Waals surface area contributed by atoms with Crippen LogP contribution in [0.2, 0.25) is 0 Å². The molecule has 0 saturated carbocycles. The molecule has 0 bridgehead atoms. The summed E-state index contributed by atoms with van der Waals surface area (Å²) in [5, 5.41) is 18.1. The Labute approximate surface area is 103 Å². The van der Waals surface area contributed by atoms with Crippen LogP contribution in [0.5, 0.6) is 0 Å². The number of aliphatic hydroxyl groups excluding tert-OH is 2. The van der Waals surface area contributed by atoms with Crippen LogP contribution in [-0.4, -0.2) is 35.8 Å². The molecule has 2 N–H and O–H groups in total. The average Bonchev–Trinajstić information content (AvgIpc) is 2.37. The molecule has 4 heteroatoms. The lowest BCUT2D eigenvalue weighted by Gasteiger charge is -2.19. The summed E-state index contributed by atoms with van der Waals surface area (Å²) < 4.78 is 10.6.